The van der Waals surface area contributed by atoms with Crippen LogP contribution in [-0.4, -0.2) is 45.3 Å². The number of hydrogen-bond donors (Lipinski definition) is 3. The first-order valence-corrected chi connectivity index (χ1v) is 9.50. The number of carboxylic acids is 1. The molecule has 0 amide bonds. The zero-order valence-corrected chi connectivity index (χ0v) is 14.7. The van der Waals surface area contributed by atoms with Crippen LogP contribution in [-0.2, 0) is 14.8 Å². The molecule has 1 saturated heterocycles. The fourth-order valence-electron chi connectivity index (χ4n) is 2.41. The molecule has 0 aliphatic carbocycles. The molecule has 1 aliphatic rings. The molecule has 1 aromatic carbocycles. The molecule has 24 heavy (non-hydrogen) atoms. The maximum Gasteiger partial charge on any atom is 0.335 e. The molecule has 2 rings (SSSR count). The molecule has 8 heteroatoms. The minimum Gasteiger partial charge on any atom is -0.478 e. The molecule has 0 spiro atoms. The van der Waals surface area contributed by atoms with Crippen molar-refractivity contribution < 1.29 is 23.1 Å². The smallest absolute Gasteiger partial charge is 0.335 e. The first-order chi connectivity index (χ1) is 11.3. The second kappa shape index (κ2) is 7.96. The van der Waals surface area contributed by atoms with Crippen molar-refractivity contribution >= 4 is 21.7 Å². The number of rotatable bonds is 8. The van der Waals surface area contributed by atoms with Gasteiger partial charge in [-0.2, -0.15) is 0 Å². The van der Waals surface area contributed by atoms with E-state index in [1.54, 1.807) is 0 Å². The highest BCUT2D eigenvalue weighted by molar-refractivity contribution is 7.89. The Morgan fingerprint density at radius 3 is 2.75 bits per heavy atom. The summed E-state index contributed by atoms with van der Waals surface area (Å²) in [6.07, 6.45) is 1.96. The van der Waals surface area contributed by atoms with Crippen molar-refractivity contribution in [2.45, 2.75) is 37.7 Å². The number of aromatic carboxylic acids is 1. The number of nitrogens with one attached hydrogen (secondary N) is 2. The second-order valence-corrected chi connectivity index (χ2v) is 8.01. The third kappa shape index (κ3) is 4.93. The monoisotopic (exact) mass is 356 g/mol. The molecule has 1 heterocycles. The summed E-state index contributed by atoms with van der Waals surface area (Å²) in [4.78, 5) is 11.1. The predicted molar refractivity (Wildman–Crippen MR) is 90.9 cm³/mol. The molecule has 0 bridgehead atoms. The zero-order valence-electron chi connectivity index (χ0n) is 13.9. The standard InChI is InChI=1S/C16H24N2O5S/c1-11(2)9-18-24(21,22)15-8-12(16(19)20)5-6-14(15)17-10-13-4-3-7-23-13/h5-6,8,11,13,17-18H,3-4,7,9-10H2,1-2H3,(H,19,20). The quantitative estimate of drug-likeness (QED) is 0.657. The van der Waals surface area contributed by atoms with Crippen LogP contribution in [0, 0.1) is 5.92 Å². The van der Waals surface area contributed by atoms with E-state index < -0.39 is 16.0 Å². The molecule has 1 aliphatic heterocycles. The summed E-state index contributed by atoms with van der Waals surface area (Å²) in [5.41, 5.74) is 0.314. The Hall–Kier alpha value is -1.64. The summed E-state index contributed by atoms with van der Waals surface area (Å²) in [7, 11) is -3.80. The first kappa shape index (κ1) is 18.7. The highest BCUT2D eigenvalue weighted by atomic mass is 32.2. The molecule has 0 radical (unpaired) electrons. The average molecular weight is 356 g/mol. The van der Waals surface area contributed by atoms with Gasteiger partial charge in [-0.3, -0.25) is 0 Å². The van der Waals surface area contributed by atoms with E-state index in [2.05, 4.69) is 10.0 Å². The molecule has 0 saturated carbocycles. The zero-order chi connectivity index (χ0) is 17.7. The van der Waals surface area contributed by atoms with E-state index in [1.807, 2.05) is 13.8 Å². The molecular formula is C16H24N2O5S. The highest BCUT2D eigenvalue weighted by Crippen LogP contribution is 2.24. The van der Waals surface area contributed by atoms with Crippen LogP contribution in [0.15, 0.2) is 23.1 Å². The van der Waals surface area contributed by atoms with Crippen LogP contribution < -0.4 is 10.0 Å². The van der Waals surface area contributed by atoms with Crippen LogP contribution in [0.2, 0.25) is 0 Å². The Bertz CT molecular complexity index is 682. The summed E-state index contributed by atoms with van der Waals surface area (Å²) in [5, 5.41) is 12.2. The van der Waals surface area contributed by atoms with Gasteiger partial charge in [-0.05, 0) is 37.0 Å². The summed E-state index contributed by atoms with van der Waals surface area (Å²) in [5.74, 6) is -1.02. The van der Waals surface area contributed by atoms with Gasteiger partial charge in [0, 0.05) is 19.7 Å². The number of hydrogen-bond acceptors (Lipinski definition) is 5. The van der Waals surface area contributed by atoms with Crippen molar-refractivity contribution in [2.24, 2.45) is 5.92 Å². The fourth-order valence-corrected chi connectivity index (χ4v) is 3.83. The van der Waals surface area contributed by atoms with E-state index in [0.717, 1.165) is 12.8 Å². The van der Waals surface area contributed by atoms with Crippen molar-refractivity contribution in [3.63, 3.8) is 0 Å². The number of carbonyl (C=O) groups is 1. The van der Waals surface area contributed by atoms with Crippen molar-refractivity contribution in [1.82, 2.24) is 4.72 Å². The van der Waals surface area contributed by atoms with Gasteiger partial charge < -0.3 is 15.2 Å². The van der Waals surface area contributed by atoms with E-state index in [9.17, 15) is 13.2 Å². The van der Waals surface area contributed by atoms with Crippen molar-refractivity contribution in [3.8, 4) is 0 Å². The Labute approximate surface area is 142 Å². The Morgan fingerprint density at radius 1 is 1.42 bits per heavy atom. The van der Waals surface area contributed by atoms with Crippen LogP contribution in [0.1, 0.15) is 37.0 Å². The fraction of sp³-hybridized carbons (Fsp3) is 0.562. The van der Waals surface area contributed by atoms with E-state index in [-0.39, 0.29) is 29.0 Å². The molecular weight excluding hydrogens is 332 g/mol. The van der Waals surface area contributed by atoms with Gasteiger partial charge in [0.15, 0.2) is 0 Å². The van der Waals surface area contributed by atoms with Gasteiger partial charge in [0.1, 0.15) is 4.90 Å². The predicted octanol–water partition coefficient (Wildman–Crippen LogP) is 1.91. The third-order valence-electron chi connectivity index (χ3n) is 3.74. The van der Waals surface area contributed by atoms with E-state index in [4.69, 9.17) is 9.84 Å². The van der Waals surface area contributed by atoms with Gasteiger partial charge in [0.25, 0.3) is 0 Å². The minimum atomic E-state index is -3.80. The number of carboxylic acid groups (broad SMARTS) is 1. The normalized spacial score (nSPS) is 18.0. The topological polar surface area (TPSA) is 105 Å². The summed E-state index contributed by atoms with van der Waals surface area (Å²) in [6, 6.07) is 4.06. The first-order valence-electron chi connectivity index (χ1n) is 8.02. The largest absolute Gasteiger partial charge is 0.478 e. The summed E-state index contributed by atoms with van der Waals surface area (Å²) in [6.45, 7) is 5.27. The Morgan fingerprint density at radius 2 is 2.17 bits per heavy atom. The van der Waals surface area contributed by atoms with Gasteiger partial charge in [-0.15, -0.1) is 0 Å². The van der Waals surface area contributed by atoms with Gasteiger partial charge in [-0.1, -0.05) is 13.8 Å². The van der Waals surface area contributed by atoms with Crippen molar-refractivity contribution in [3.05, 3.63) is 23.8 Å². The molecule has 1 atom stereocenters. The lowest BCUT2D eigenvalue weighted by Crippen LogP contribution is -2.29. The summed E-state index contributed by atoms with van der Waals surface area (Å²) < 4.78 is 33.1. The molecule has 1 aromatic rings. The lowest BCUT2D eigenvalue weighted by Gasteiger charge is -2.17. The number of ether oxygens (including phenoxy) is 1. The number of anilines is 1. The molecule has 3 N–H and O–H groups in total. The van der Waals surface area contributed by atoms with Gasteiger partial charge in [-0.25, -0.2) is 17.9 Å². The maximum absolute atomic E-state index is 12.6. The van der Waals surface area contributed by atoms with Crippen LogP contribution in [0.3, 0.4) is 0 Å². The second-order valence-electron chi connectivity index (χ2n) is 6.28. The lowest BCUT2D eigenvalue weighted by molar-refractivity contribution is 0.0696. The van der Waals surface area contributed by atoms with E-state index >= 15 is 0 Å². The number of benzene rings is 1. The Balaban J connectivity index is 2.26. The van der Waals surface area contributed by atoms with Gasteiger partial charge in [0.05, 0.1) is 17.4 Å². The molecule has 134 valence electrons. The third-order valence-corrected chi connectivity index (χ3v) is 5.21. The van der Waals surface area contributed by atoms with Crippen molar-refractivity contribution in [1.29, 1.82) is 0 Å². The van der Waals surface area contributed by atoms with E-state index in [0.29, 0.717) is 18.8 Å². The minimum absolute atomic E-state index is 0.0447. The van der Waals surface area contributed by atoms with Gasteiger partial charge in [0.2, 0.25) is 10.0 Å². The molecule has 1 fully saturated rings. The lowest BCUT2D eigenvalue weighted by atomic mass is 10.2. The maximum atomic E-state index is 12.6. The molecule has 1 unspecified atom stereocenters. The SMILES string of the molecule is CC(C)CNS(=O)(=O)c1cc(C(=O)O)ccc1NCC1CCCO1. The van der Waals surface area contributed by atoms with Crippen LogP contribution >= 0.6 is 0 Å². The van der Waals surface area contributed by atoms with E-state index in [1.165, 1.54) is 18.2 Å². The van der Waals surface area contributed by atoms with Crippen molar-refractivity contribution in [2.75, 3.05) is 25.0 Å². The Kier molecular flexibility index (Phi) is 6.20. The van der Waals surface area contributed by atoms with Gasteiger partial charge >= 0.3 is 5.97 Å². The average Bonchev–Trinajstić information content (AvgIpc) is 3.04. The summed E-state index contributed by atoms with van der Waals surface area (Å²) >= 11 is 0. The molecule has 7 nitrogen and oxygen atoms in total. The molecule has 0 aromatic heterocycles. The van der Waals surface area contributed by atoms with Crippen LogP contribution in [0.5, 0.6) is 0 Å². The number of sulfonamides is 1. The highest BCUT2D eigenvalue weighted by Gasteiger charge is 2.22. The van der Waals surface area contributed by atoms with Crippen LogP contribution in [0.25, 0.3) is 0 Å². The van der Waals surface area contributed by atoms with Crippen LogP contribution in [0.4, 0.5) is 5.69 Å².